The molecule has 20 heavy (non-hydrogen) atoms. The van der Waals surface area contributed by atoms with Crippen LogP contribution in [0, 0.1) is 18.3 Å². The number of hydrogen-bond donors (Lipinski definition) is 1. The van der Waals surface area contributed by atoms with Crippen molar-refractivity contribution in [2.75, 3.05) is 11.9 Å². The summed E-state index contributed by atoms with van der Waals surface area (Å²) in [4.78, 5) is 0. The van der Waals surface area contributed by atoms with E-state index in [1.807, 2.05) is 43.3 Å². The Kier molecular flexibility index (Phi) is 4.89. The molecule has 0 saturated heterocycles. The fourth-order valence-corrected chi connectivity index (χ4v) is 2.37. The molecule has 0 fully saturated rings. The van der Waals surface area contributed by atoms with E-state index in [1.54, 1.807) is 6.07 Å². The minimum Gasteiger partial charge on any atom is -0.382 e. The van der Waals surface area contributed by atoms with Gasteiger partial charge in [-0.3, -0.25) is 0 Å². The molecule has 2 aromatic carbocycles. The van der Waals surface area contributed by atoms with Crippen LogP contribution >= 0.6 is 23.2 Å². The molecule has 1 unspecified atom stereocenters. The third-order valence-electron chi connectivity index (χ3n) is 3.10. The normalized spacial score (nSPS) is 11.7. The topological polar surface area (TPSA) is 35.8 Å². The van der Waals surface area contributed by atoms with E-state index in [9.17, 15) is 5.26 Å². The lowest BCUT2D eigenvalue weighted by molar-refractivity contribution is 0.901. The van der Waals surface area contributed by atoms with Crippen molar-refractivity contribution < 1.29 is 0 Å². The van der Waals surface area contributed by atoms with Crippen molar-refractivity contribution in [2.45, 2.75) is 12.8 Å². The van der Waals surface area contributed by atoms with Gasteiger partial charge >= 0.3 is 0 Å². The molecule has 0 aliphatic rings. The molecular formula is C16H14Cl2N2. The first kappa shape index (κ1) is 14.7. The molecule has 2 aromatic rings. The quantitative estimate of drug-likeness (QED) is 0.860. The second-order valence-electron chi connectivity index (χ2n) is 4.55. The van der Waals surface area contributed by atoms with Gasteiger partial charge in [0.15, 0.2) is 0 Å². The fourth-order valence-electron chi connectivity index (χ4n) is 1.92. The second-order valence-corrected chi connectivity index (χ2v) is 5.37. The Labute approximate surface area is 128 Å². The Morgan fingerprint density at radius 2 is 1.85 bits per heavy atom. The average molecular weight is 305 g/mol. The van der Waals surface area contributed by atoms with Gasteiger partial charge in [-0.05, 0) is 30.2 Å². The number of nitriles is 1. The van der Waals surface area contributed by atoms with E-state index in [0.717, 1.165) is 16.8 Å². The van der Waals surface area contributed by atoms with Gasteiger partial charge in [0.25, 0.3) is 0 Å². The van der Waals surface area contributed by atoms with Crippen LogP contribution in [-0.2, 0) is 0 Å². The predicted octanol–water partition coefficient (Wildman–Crippen LogP) is 5.02. The Morgan fingerprint density at radius 3 is 2.50 bits per heavy atom. The van der Waals surface area contributed by atoms with Crippen LogP contribution in [0.15, 0.2) is 42.5 Å². The van der Waals surface area contributed by atoms with Gasteiger partial charge in [0.2, 0.25) is 0 Å². The third-order valence-corrected chi connectivity index (χ3v) is 3.82. The van der Waals surface area contributed by atoms with E-state index in [4.69, 9.17) is 23.2 Å². The molecular weight excluding hydrogens is 291 g/mol. The van der Waals surface area contributed by atoms with Crippen molar-refractivity contribution in [2.24, 2.45) is 0 Å². The summed E-state index contributed by atoms with van der Waals surface area (Å²) < 4.78 is 0. The molecule has 4 heteroatoms. The number of nitrogens with zero attached hydrogens (tertiary/aromatic N) is 1. The minimum atomic E-state index is -0.229. The largest absolute Gasteiger partial charge is 0.382 e. The number of benzene rings is 2. The van der Waals surface area contributed by atoms with E-state index in [2.05, 4.69) is 11.4 Å². The first-order valence-electron chi connectivity index (χ1n) is 6.26. The summed E-state index contributed by atoms with van der Waals surface area (Å²) in [6.45, 7) is 2.39. The van der Waals surface area contributed by atoms with Crippen LogP contribution in [-0.4, -0.2) is 6.54 Å². The van der Waals surface area contributed by atoms with E-state index in [1.165, 1.54) is 0 Å². The van der Waals surface area contributed by atoms with Crippen molar-refractivity contribution >= 4 is 28.9 Å². The highest BCUT2D eigenvalue weighted by Crippen LogP contribution is 2.29. The number of rotatable bonds is 4. The summed E-state index contributed by atoms with van der Waals surface area (Å²) in [6.07, 6.45) is 0. The SMILES string of the molecule is Cc1cc(Cl)c(NCC(C#N)c2ccccc2)cc1Cl. The zero-order valence-corrected chi connectivity index (χ0v) is 12.5. The van der Waals surface area contributed by atoms with E-state index in [-0.39, 0.29) is 5.92 Å². The van der Waals surface area contributed by atoms with Gasteiger partial charge in [-0.25, -0.2) is 0 Å². The Balaban J connectivity index is 2.12. The van der Waals surface area contributed by atoms with Crippen LogP contribution in [0.4, 0.5) is 5.69 Å². The van der Waals surface area contributed by atoms with Crippen molar-refractivity contribution in [1.29, 1.82) is 5.26 Å². The van der Waals surface area contributed by atoms with Crippen molar-refractivity contribution in [1.82, 2.24) is 0 Å². The first-order chi connectivity index (χ1) is 9.61. The molecule has 0 saturated carbocycles. The molecule has 0 aliphatic heterocycles. The molecule has 2 nitrogen and oxygen atoms in total. The Bertz CT molecular complexity index is 633. The highest BCUT2D eigenvalue weighted by Gasteiger charge is 2.11. The van der Waals surface area contributed by atoms with Gasteiger partial charge in [-0.15, -0.1) is 0 Å². The van der Waals surface area contributed by atoms with Crippen molar-refractivity contribution in [3.63, 3.8) is 0 Å². The second kappa shape index (κ2) is 6.65. The van der Waals surface area contributed by atoms with Crippen molar-refractivity contribution in [3.8, 4) is 6.07 Å². The van der Waals surface area contributed by atoms with E-state index in [0.29, 0.717) is 16.6 Å². The monoisotopic (exact) mass is 304 g/mol. The highest BCUT2D eigenvalue weighted by molar-refractivity contribution is 6.35. The summed E-state index contributed by atoms with van der Waals surface area (Å²) in [7, 11) is 0. The van der Waals surface area contributed by atoms with Crippen molar-refractivity contribution in [3.05, 3.63) is 63.6 Å². The van der Waals surface area contributed by atoms with Crippen LogP contribution in [0.25, 0.3) is 0 Å². The van der Waals surface area contributed by atoms with Crippen LogP contribution in [0.5, 0.6) is 0 Å². The fraction of sp³-hybridized carbons (Fsp3) is 0.188. The maximum atomic E-state index is 9.28. The van der Waals surface area contributed by atoms with Crippen LogP contribution in [0.3, 0.4) is 0 Å². The van der Waals surface area contributed by atoms with Gasteiger partial charge in [0.1, 0.15) is 0 Å². The van der Waals surface area contributed by atoms with Gasteiger partial charge in [0.05, 0.1) is 22.7 Å². The molecule has 2 rings (SSSR count). The molecule has 0 amide bonds. The van der Waals surface area contributed by atoms with Gasteiger partial charge in [-0.2, -0.15) is 5.26 Å². The highest BCUT2D eigenvalue weighted by atomic mass is 35.5. The summed E-state index contributed by atoms with van der Waals surface area (Å²) in [6, 6.07) is 15.6. The molecule has 1 atom stereocenters. The first-order valence-corrected chi connectivity index (χ1v) is 7.01. The molecule has 1 N–H and O–H groups in total. The summed E-state index contributed by atoms with van der Waals surface area (Å²) in [5.74, 6) is -0.229. The lowest BCUT2D eigenvalue weighted by Crippen LogP contribution is -2.11. The summed E-state index contributed by atoms with van der Waals surface area (Å²) >= 11 is 12.3. The molecule has 0 aromatic heterocycles. The molecule has 0 heterocycles. The zero-order chi connectivity index (χ0) is 14.5. The Hall–Kier alpha value is -1.69. The third kappa shape index (κ3) is 3.45. The smallest absolute Gasteiger partial charge is 0.0885 e. The van der Waals surface area contributed by atoms with Crippen LogP contribution in [0.1, 0.15) is 17.0 Å². The molecule has 0 radical (unpaired) electrons. The van der Waals surface area contributed by atoms with Crippen LogP contribution < -0.4 is 5.32 Å². The van der Waals surface area contributed by atoms with Crippen LogP contribution in [0.2, 0.25) is 10.0 Å². The van der Waals surface area contributed by atoms with Gasteiger partial charge in [0, 0.05) is 11.6 Å². The molecule has 102 valence electrons. The lowest BCUT2D eigenvalue weighted by Gasteiger charge is -2.14. The molecule has 0 bridgehead atoms. The zero-order valence-electron chi connectivity index (χ0n) is 11.0. The molecule has 0 spiro atoms. The minimum absolute atomic E-state index is 0.229. The summed E-state index contributed by atoms with van der Waals surface area (Å²) in [5, 5.41) is 13.7. The maximum Gasteiger partial charge on any atom is 0.0885 e. The summed E-state index contributed by atoms with van der Waals surface area (Å²) in [5.41, 5.74) is 2.66. The Morgan fingerprint density at radius 1 is 1.15 bits per heavy atom. The number of aryl methyl sites for hydroxylation is 1. The number of hydrogen-bond acceptors (Lipinski definition) is 2. The number of anilines is 1. The number of nitrogens with one attached hydrogen (secondary N) is 1. The van der Waals surface area contributed by atoms with Gasteiger partial charge < -0.3 is 5.32 Å². The standard InChI is InChI=1S/C16H14Cl2N2/c1-11-7-15(18)16(8-14(11)17)20-10-13(9-19)12-5-3-2-4-6-12/h2-8,13,20H,10H2,1H3. The lowest BCUT2D eigenvalue weighted by atomic mass is 10.0. The maximum absolute atomic E-state index is 9.28. The molecule has 0 aliphatic carbocycles. The predicted molar refractivity (Wildman–Crippen MR) is 84.5 cm³/mol. The van der Waals surface area contributed by atoms with E-state index < -0.39 is 0 Å². The van der Waals surface area contributed by atoms with Gasteiger partial charge in [-0.1, -0.05) is 53.5 Å². The number of halogens is 2. The average Bonchev–Trinajstić information content (AvgIpc) is 2.46. The van der Waals surface area contributed by atoms with E-state index >= 15 is 0 Å².